The fourth-order valence-corrected chi connectivity index (χ4v) is 2.75. The van der Waals surface area contributed by atoms with Crippen LogP contribution in [0.15, 0.2) is 0 Å². The van der Waals surface area contributed by atoms with Gasteiger partial charge in [0.15, 0.2) is 0 Å². The third kappa shape index (κ3) is 5.91. The summed E-state index contributed by atoms with van der Waals surface area (Å²) in [6.07, 6.45) is 6.10. The third-order valence-corrected chi connectivity index (χ3v) is 3.92. The lowest BCUT2D eigenvalue weighted by atomic mass is 10.1. The zero-order valence-corrected chi connectivity index (χ0v) is 12.8. The molecule has 2 unspecified atom stereocenters. The first kappa shape index (κ1) is 16.4. The molecule has 0 amide bonds. The second kappa shape index (κ2) is 9.32. The maximum atomic E-state index is 11.9. The number of carbonyl (C=O) groups excluding carboxylic acids is 1. The Balaban J connectivity index is 2.42. The van der Waals surface area contributed by atoms with E-state index in [4.69, 9.17) is 4.74 Å². The fourth-order valence-electron chi connectivity index (χ4n) is 2.75. The van der Waals surface area contributed by atoms with E-state index in [2.05, 4.69) is 17.1 Å². The van der Waals surface area contributed by atoms with Gasteiger partial charge in [-0.05, 0) is 46.2 Å². The van der Waals surface area contributed by atoms with Crippen molar-refractivity contribution in [2.24, 2.45) is 0 Å². The molecule has 1 N–H and O–H groups in total. The Morgan fingerprint density at radius 3 is 2.84 bits per heavy atom. The second-order valence-electron chi connectivity index (χ2n) is 5.39. The van der Waals surface area contributed by atoms with Crippen LogP contribution < -0.4 is 5.32 Å². The predicted octanol–water partition coefficient (Wildman–Crippen LogP) is 2.18. The molecule has 0 aromatic heterocycles. The summed E-state index contributed by atoms with van der Waals surface area (Å²) in [5, 5.41) is 3.24. The first-order valence-corrected chi connectivity index (χ1v) is 7.83. The van der Waals surface area contributed by atoms with E-state index in [0.717, 1.165) is 19.5 Å². The van der Waals surface area contributed by atoms with Gasteiger partial charge in [0.1, 0.15) is 6.04 Å². The molecule has 2 atom stereocenters. The molecule has 112 valence electrons. The smallest absolute Gasteiger partial charge is 0.323 e. The molecule has 1 fully saturated rings. The van der Waals surface area contributed by atoms with Crippen molar-refractivity contribution in [2.45, 2.75) is 65.0 Å². The molecule has 0 aromatic rings. The van der Waals surface area contributed by atoms with E-state index in [9.17, 15) is 4.79 Å². The number of ether oxygens (including phenoxy) is 1. The third-order valence-electron chi connectivity index (χ3n) is 3.92. The largest absolute Gasteiger partial charge is 0.465 e. The lowest BCUT2D eigenvalue weighted by Gasteiger charge is -2.28. The van der Waals surface area contributed by atoms with Crippen molar-refractivity contribution < 1.29 is 9.53 Å². The molecule has 1 saturated heterocycles. The summed E-state index contributed by atoms with van der Waals surface area (Å²) in [5.74, 6) is -0.105. The summed E-state index contributed by atoms with van der Waals surface area (Å²) in [5.41, 5.74) is 0. The molecule has 0 spiro atoms. The van der Waals surface area contributed by atoms with Gasteiger partial charge in [0.2, 0.25) is 0 Å². The number of esters is 1. The van der Waals surface area contributed by atoms with Crippen molar-refractivity contribution in [3.8, 4) is 0 Å². The zero-order valence-electron chi connectivity index (χ0n) is 12.8. The molecule has 1 aliphatic rings. The summed E-state index contributed by atoms with van der Waals surface area (Å²) in [4.78, 5) is 14.4. The molecule has 0 aromatic carbocycles. The summed E-state index contributed by atoms with van der Waals surface area (Å²) in [6, 6.07) is 0.493. The number of carbonyl (C=O) groups is 1. The minimum Gasteiger partial charge on any atom is -0.465 e. The molecule has 19 heavy (non-hydrogen) atoms. The number of likely N-dealkylation sites (N-methyl/N-ethyl adjacent to an activating group) is 1. The van der Waals surface area contributed by atoms with Gasteiger partial charge in [0, 0.05) is 12.6 Å². The average Bonchev–Trinajstić information content (AvgIpc) is 2.59. The van der Waals surface area contributed by atoms with Crippen molar-refractivity contribution in [1.82, 2.24) is 10.2 Å². The fraction of sp³-hybridized carbons (Fsp3) is 0.933. The molecule has 1 heterocycles. The average molecular weight is 270 g/mol. The Bertz CT molecular complexity index is 259. The van der Waals surface area contributed by atoms with Crippen LogP contribution in [-0.2, 0) is 9.53 Å². The number of hydrogen-bond donors (Lipinski definition) is 1. The van der Waals surface area contributed by atoms with Crippen molar-refractivity contribution in [1.29, 1.82) is 0 Å². The van der Waals surface area contributed by atoms with Crippen LogP contribution in [0.4, 0.5) is 0 Å². The molecule has 1 aliphatic heterocycles. The van der Waals surface area contributed by atoms with Crippen molar-refractivity contribution in [2.75, 3.05) is 26.2 Å². The SMILES string of the molecule is CCNC(CCN1CCCCCC1C)C(=O)OCC. The number of likely N-dealkylation sites (tertiary alicyclic amines) is 1. The van der Waals surface area contributed by atoms with Gasteiger partial charge in [0.05, 0.1) is 6.61 Å². The number of hydrogen-bond acceptors (Lipinski definition) is 4. The van der Waals surface area contributed by atoms with Crippen LogP contribution in [0.1, 0.15) is 52.9 Å². The van der Waals surface area contributed by atoms with Gasteiger partial charge in [-0.1, -0.05) is 19.8 Å². The van der Waals surface area contributed by atoms with Crippen LogP contribution in [0.2, 0.25) is 0 Å². The summed E-state index contributed by atoms with van der Waals surface area (Å²) >= 11 is 0. The second-order valence-corrected chi connectivity index (χ2v) is 5.39. The van der Waals surface area contributed by atoms with Crippen LogP contribution in [0, 0.1) is 0 Å². The Morgan fingerprint density at radius 1 is 1.37 bits per heavy atom. The summed E-state index contributed by atoms with van der Waals surface area (Å²) in [6.45, 7) is 9.61. The number of rotatable bonds is 7. The van der Waals surface area contributed by atoms with E-state index < -0.39 is 0 Å². The molecular formula is C15H30N2O2. The Kier molecular flexibility index (Phi) is 8.07. The quantitative estimate of drug-likeness (QED) is 0.720. The lowest BCUT2D eigenvalue weighted by Crippen LogP contribution is -2.42. The highest BCUT2D eigenvalue weighted by Crippen LogP contribution is 2.16. The highest BCUT2D eigenvalue weighted by atomic mass is 16.5. The minimum absolute atomic E-state index is 0.105. The predicted molar refractivity (Wildman–Crippen MR) is 78.2 cm³/mol. The van der Waals surface area contributed by atoms with E-state index in [0.29, 0.717) is 12.6 Å². The van der Waals surface area contributed by atoms with Crippen molar-refractivity contribution in [3.63, 3.8) is 0 Å². The van der Waals surface area contributed by atoms with Gasteiger partial charge < -0.3 is 15.0 Å². The summed E-state index contributed by atoms with van der Waals surface area (Å²) in [7, 11) is 0. The van der Waals surface area contributed by atoms with E-state index in [-0.39, 0.29) is 12.0 Å². The van der Waals surface area contributed by atoms with E-state index in [1.807, 2.05) is 13.8 Å². The first-order chi connectivity index (χ1) is 9.19. The molecule has 0 radical (unpaired) electrons. The van der Waals surface area contributed by atoms with Crippen molar-refractivity contribution >= 4 is 5.97 Å². The molecule has 1 rings (SSSR count). The lowest BCUT2D eigenvalue weighted by molar-refractivity contribution is -0.145. The van der Waals surface area contributed by atoms with Gasteiger partial charge in [0.25, 0.3) is 0 Å². The standard InChI is InChI=1S/C15H30N2O2/c1-4-16-14(15(18)19-5-2)10-12-17-11-8-6-7-9-13(17)3/h13-14,16H,4-12H2,1-3H3. The topological polar surface area (TPSA) is 41.6 Å². The Morgan fingerprint density at radius 2 is 2.16 bits per heavy atom. The van der Waals surface area contributed by atoms with Gasteiger partial charge >= 0.3 is 5.97 Å². The molecule has 4 heteroatoms. The van der Waals surface area contributed by atoms with Crippen LogP contribution in [0.25, 0.3) is 0 Å². The zero-order chi connectivity index (χ0) is 14.1. The van der Waals surface area contributed by atoms with E-state index >= 15 is 0 Å². The Hall–Kier alpha value is -0.610. The molecule has 0 saturated carbocycles. The van der Waals surface area contributed by atoms with Gasteiger partial charge in [-0.3, -0.25) is 4.79 Å². The van der Waals surface area contributed by atoms with Crippen LogP contribution in [0.5, 0.6) is 0 Å². The van der Waals surface area contributed by atoms with Crippen molar-refractivity contribution in [3.05, 3.63) is 0 Å². The highest BCUT2D eigenvalue weighted by molar-refractivity contribution is 5.75. The van der Waals surface area contributed by atoms with Crippen LogP contribution >= 0.6 is 0 Å². The molecular weight excluding hydrogens is 240 g/mol. The van der Waals surface area contributed by atoms with Gasteiger partial charge in [-0.25, -0.2) is 0 Å². The minimum atomic E-state index is -0.152. The van der Waals surface area contributed by atoms with Gasteiger partial charge in [-0.2, -0.15) is 0 Å². The van der Waals surface area contributed by atoms with E-state index in [1.54, 1.807) is 0 Å². The monoisotopic (exact) mass is 270 g/mol. The first-order valence-electron chi connectivity index (χ1n) is 7.83. The summed E-state index contributed by atoms with van der Waals surface area (Å²) < 4.78 is 5.13. The number of nitrogens with zero attached hydrogens (tertiary/aromatic N) is 1. The van der Waals surface area contributed by atoms with Crippen LogP contribution in [0.3, 0.4) is 0 Å². The highest BCUT2D eigenvalue weighted by Gasteiger charge is 2.22. The maximum Gasteiger partial charge on any atom is 0.323 e. The number of nitrogens with one attached hydrogen (secondary N) is 1. The molecule has 0 aliphatic carbocycles. The maximum absolute atomic E-state index is 11.9. The van der Waals surface area contributed by atoms with E-state index in [1.165, 1.54) is 32.2 Å². The van der Waals surface area contributed by atoms with Crippen LogP contribution in [-0.4, -0.2) is 49.2 Å². The Labute approximate surface area is 117 Å². The molecule has 0 bridgehead atoms. The van der Waals surface area contributed by atoms with Gasteiger partial charge in [-0.15, -0.1) is 0 Å². The normalized spacial score (nSPS) is 22.8. The molecule has 4 nitrogen and oxygen atoms in total.